The standard InChI is InChI=1S/C12H15FO3/c1-9(13)8-16-11-5-3-2-4-10(11)6-7-12(14)15/h2-5,9H,6-8H2,1H3,(H,14,15). The Morgan fingerprint density at radius 2 is 2.19 bits per heavy atom. The molecule has 0 aliphatic carbocycles. The van der Waals surface area contributed by atoms with Crippen LogP contribution >= 0.6 is 0 Å². The van der Waals surface area contributed by atoms with E-state index in [1.165, 1.54) is 6.92 Å². The number of carboxylic acids is 1. The molecule has 1 unspecified atom stereocenters. The lowest BCUT2D eigenvalue weighted by atomic mass is 10.1. The van der Waals surface area contributed by atoms with Crippen molar-refractivity contribution in [3.63, 3.8) is 0 Å². The van der Waals surface area contributed by atoms with E-state index in [1.54, 1.807) is 18.2 Å². The first-order valence-electron chi connectivity index (χ1n) is 5.16. The maximum atomic E-state index is 12.6. The second-order valence-electron chi connectivity index (χ2n) is 3.59. The van der Waals surface area contributed by atoms with E-state index in [9.17, 15) is 9.18 Å². The number of ether oxygens (including phenoxy) is 1. The van der Waals surface area contributed by atoms with Crippen LogP contribution < -0.4 is 4.74 Å². The molecular formula is C12H15FO3. The molecule has 0 aromatic heterocycles. The maximum Gasteiger partial charge on any atom is 0.303 e. The first-order valence-corrected chi connectivity index (χ1v) is 5.16. The Hall–Kier alpha value is -1.58. The lowest BCUT2D eigenvalue weighted by Crippen LogP contribution is -2.10. The Morgan fingerprint density at radius 1 is 1.50 bits per heavy atom. The number of aryl methyl sites for hydroxylation is 1. The van der Waals surface area contributed by atoms with Crippen molar-refractivity contribution in [1.82, 2.24) is 0 Å². The summed E-state index contributed by atoms with van der Waals surface area (Å²) in [6.07, 6.45) is -0.593. The number of carboxylic acid groups (broad SMARTS) is 1. The van der Waals surface area contributed by atoms with Crippen LogP contribution in [0, 0.1) is 0 Å². The van der Waals surface area contributed by atoms with Crippen LogP contribution in [-0.2, 0) is 11.2 Å². The van der Waals surface area contributed by atoms with Crippen molar-refractivity contribution in [2.75, 3.05) is 6.61 Å². The van der Waals surface area contributed by atoms with Crippen LogP contribution in [-0.4, -0.2) is 23.9 Å². The van der Waals surface area contributed by atoms with Gasteiger partial charge in [-0.05, 0) is 25.0 Å². The van der Waals surface area contributed by atoms with Gasteiger partial charge >= 0.3 is 5.97 Å². The number of hydrogen-bond acceptors (Lipinski definition) is 2. The second-order valence-corrected chi connectivity index (χ2v) is 3.59. The first-order chi connectivity index (χ1) is 7.59. The summed E-state index contributed by atoms with van der Waals surface area (Å²) < 4.78 is 17.9. The summed E-state index contributed by atoms with van der Waals surface area (Å²) in [4.78, 5) is 10.4. The van der Waals surface area contributed by atoms with E-state index in [0.29, 0.717) is 12.2 Å². The molecule has 0 heterocycles. The fraction of sp³-hybridized carbons (Fsp3) is 0.417. The minimum absolute atomic E-state index is 0.00984. The Kier molecular flexibility index (Phi) is 4.76. The summed E-state index contributed by atoms with van der Waals surface area (Å²) in [5.41, 5.74) is 0.797. The number of para-hydroxylation sites is 1. The highest BCUT2D eigenvalue weighted by Crippen LogP contribution is 2.19. The van der Waals surface area contributed by atoms with Gasteiger partial charge in [-0.1, -0.05) is 18.2 Å². The molecule has 0 amide bonds. The van der Waals surface area contributed by atoms with E-state index >= 15 is 0 Å². The minimum atomic E-state index is -1.03. The molecule has 3 nitrogen and oxygen atoms in total. The third kappa shape index (κ3) is 4.29. The molecule has 0 aliphatic rings. The largest absolute Gasteiger partial charge is 0.490 e. The zero-order valence-electron chi connectivity index (χ0n) is 9.15. The molecule has 0 spiro atoms. The van der Waals surface area contributed by atoms with Gasteiger partial charge in [0.2, 0.25) is 0 Å². The van der Waals surface area contributed by atoms with Gasteiger partial charge in [0, 0.05) is 6.42 Å². The van der Waals surface area contributed by atoms with Crippen LogP contribution in [0.1, 0.15) is 18.9 Å². The van der Waals surface area contributed by atoms with E-state index in [-0.39, 0.29) is 13.0 Å². The molecule has 88 valence electrons. The van der Waals surface area contributed by atoms with Gasteiger partial charge in [0.15, 0.2) is 0 Å². The Labute approximate surface area is 93.9 Å². The van der Waals surface area contributed by atoms with Gasteiger partial charge < -0.3 is 9.84 Å². The third-order valence-electron chi connectivity index (χ3n) is 2.05. The molecule has 0 saturated heterocycles. The SMILES string of the molecule is CC(F)COc1ccccc1CCC(=O)O. The average molecular weight is 226 g/mol. The molecule has 1 atom stereocenters. The van der Waals surface area contributed by atoms with E-state index in [4.69, 9.17) is 9.84 Å². The maximum absolute atomic E-state index is 12.6. The highest BCUT2D eigenvalue weighted by molar-refractivity contribution is 5.67. The van der Waals surface area contributed by atoms with Gasteiger partial charge in [0.25, 0.3) is 0 Å². The van der Waals surface area contributed by atoms with Crippen LogP contribution in [0.3, 0.4) is 0 Å². The minimum Gasteiger partial charge on any atom is -0.490 e. The predicted molar refractivity (Wildman–Crippen MR) is 58.5 cm³/mol. The molecule has 16 heavy (non-hydrogen) atoms. The number of benzene rings is 1. The summed E-state index contributed by atoms with van der Waals surface area (Å²) in [7, 11) is 0. The summed E-state index contributed by atoms with van der Waals surface area (Å²) in [6, 6.07) is 7.10. The molecular weight excluding hydrogens is 211 g/mol. The predicted octanol–water partition coefficient (Wildman–Crippen LogP) is 2.44. The normalized spacial score (nSPS) is 12.1. The summed E-state index contributed by atoms with van der Waals surface area (Å²) in [5.74, 6) is -0.290. The van der Waals surface area contributed by atoms with Gasteiger partial charge in [-0.3, -0.25) is 4.79 Å². The molecule has 0 radical (unpaired) electrons. The van der Waals surface area contributed by atoms with Crippen molar-refractivity contribution >= 4 is 5.97 Å². The zero-order chi connectivity index (χ0) is 12.0. The molecule has 0 saturated carbocycles. The molecule has 4 heteroatoms. The number of alkyl halides is 1. The Bertz CT molecular complexity index is 350. The fourth-order valence-electron chi connectivity index (χ4n) is 1.30. The van der Waals surface area contributed by atoms with Gasteiger partial charge in [-0.25, -0.2) is 4.39 Å². The van der Waals surface area contributed by atoms with Gasteiger partial charge in [0.05, 0.1) is 0 Å². The smallest absolute Gasteiger partial charge is 0.303 e. The van der Waals surface area contributed by atoms with Crippen molar-refractivity contribution in [1.29, 1.82) is 0 Å². The van der Waals surface area contributed by atoms with Crippen molar-refractivity contribution in [3.05, 3.63) is 29.8 Å². The molecule has 1 aromatic rings. The van der Waals surface area contributed by atoms with Crippen molar-refractivity contribution < 1.29 is 19.0 Å². The van der Waals surface area contributed by atoms with E-state index < -0.39 is 12.1 Å². The monoisotopic (exact) mass is 226 g/mol. The van der Waals surface area contributed by atoms with Crippen molar-refractivity contribution in [2.45, 2.75) is 25.9 Å². The number of hydrogen-bond donors (Lipinski definition) is 1. The zero-order valence-corrected chi connectivity index (χ0v) is 9.15. The number of aliphatic carboxylic acids is 1. The van der Waals surface area contributed by atoms with E-state index in [1.807, 2.05) is 6.07 Å². The van der Waals surface area contributed by atoms with Crippen LogP contribution in [0.4, 0.5) is 4.39 Å². The van der Waals surface area contributed by atoms with Crippen molar-refractivity contribution in [3.8, 4) is 5.75 Å². The summed E-state index contributed by atoms with van der Waals surface area (Å²) >= 11 is 0. The van der Waals surface area contributed by atoms with Gasteiger partial charge in [-0.15, -0.1) is 0 Å². The Morgan fingerprint density at radius 3 is 2.81 bits per heavy atom. The fourth-order valence-corrected chi connectivity index (χ4v) is 1.30. The molecule has 1 rings (SSSR count). The average Bonchev–Trinajstić information content (AvgIpc) is 2.24. The molecule has 1 aromatic carbocycles. The quantitative estimate of drug-likeness (QED) is 0.810. The summed E-state index contributed by atoms with van der Waals surface area (Å²) in [5, 5.41) is 8.58. The lowest BCUT2D eigenvalue weighted by molar-refractivity contribution is -0.136. The molecule has 0 fully saturated rings. The highest BCUT2D eigenvalue weighted by Gasteiger charge is 2.07. The number of halogens is 1. The highest BCUT2D eigenvalue weighted by atomic mass is 19.1. The molecule has 0 bridgehead atoms. The third-order valence-corrected chi connectivity index (χ3v) is 2.05. The topological polar surface area (TPSA) is 46.5 Å². The number of carbonyl (C=O) groups is 1. The van der Waals surface area contributed by atoms with Crippen LogP contribution in [0.15, 0.2) is 24.3 Å². The van der Waals surface area contributed by atoms with Crippen molar-refractivity contribution in [2.24, 2.45) is 0 Å². The van der Waals surface area contributed by atoms with Gasteiger partial charge in [0.1, 0.15) is 18.5 Å². The van der Waals surface area contributed by atoms with E-state index in [0.717, 1.165) is 5.56 Å². The Balaban J connectivity index is 2.63. The van der Waals surface area contributed by atoms with E-state index in [2.05, 4.69) is 0 Å². The second kappa shape index (κ2) is 6.10. The van der Waals surface area contributed by atoms with Gasteiger partial charge in [-0.2, -0.15) is 0 Å². The first kappa shape index (κ1) is 12.5. The van der Waals surface area contributed by atoms with Crippen LogP contribution in [0.5, 0.6) is 5.75 Å². The number of rotatable bonds is 6. The molecule has 0 aliphatic heterocycles. The molecule has 1 N–H and O–H groups in total. The summed E-state index contributed by atoms with van der Waals surface area (Å²) in [6.45, 7) is 1.41. The van der Waals surface area contributed by atoms with Crippen LogP contribution in [0.2, 0.25) is 0 Å². The lowest BCUT2D eigenvalue weighted by Gasteiger charge is -2.11. The van der Waals surface area contributed by atoms with Crippen LogP contribution in [0.25, 0.3) is 0 Å².